The standard InChI is InChI=1S/C19H37NO3/c1-4-6-8-9-10-11-12-13-14-16-23-19(22)17-20(3)18(21)15-7-5-2/h4-17H2,1-3H3. The van der Waals surface area contributed by atoms with Crippen LogP contribution in [-0.4, -0.2) is 37.0 Å². The van der Waals surface area contributed by atoms with Crippen LogP contribution in [0.5, 0.6) is 0 Å². The van der Waals surface area contributed by atoms with E-state index in [9.17, 15) is 9.59 Å². The van der Waals surface area contributed by atoms with Crippen molar-refractivity contribution >= 4 is 11.9 Å². The van der Waals surface area contributed by atoms with Crippen molar-refractivity contribution in [1.29, 1.82) is 0 Å². The average Bonchev–Trinajstić information content (AvgIpc) is 2.54. The molecular weight excluding hydrogens is 290 g/mol. The van der Waals surface area contributed by atoms with E-state index in [-0.39, 0.29) is 18.4 Å². The third kappa shape index (κ3) is 14.3. The van der Waals surface area contributed by atoms with Crippen LogP contribution >= 0.6 is 0 Å². The Balaban J connectivity index is 3.44. The largest absolute Gasteiger partial charge is 0.464 e. The summed E-state index contributed by atoms with van der Waals surface area (Å²) < 4.78 is 5.19. The van der Waals surface area contributed by atoms with Gasteiger partial charge in [0.05, 0.1) is 6.61 Å². The molecule has 136 valence electrons. The van der Waals surface area contributed by atoms with Crippen molar-refractivity contribution in [2.75, 3.05) is 20.2 Å². The quantitative estimate of drug-likeness (QED) is 0.323. The van der Waals surface area contributed by atoms with E-state index in [0.717, 1.165) is 25.7 Å². The molecule has 0 bridgehead atoms. The minimum atomic E-state index is -0.295. The summed E-state index contributed by atoms with van der Waals surface area (Å²) in [5.41, 5.74) is 0. The van der Waals surface area contributed by atoms with Crippen LogP contribution < -0.4 is 0 Å². The Morgan fingerprint density at radius 2 is 1.30 bits per heavy atom. The summed E-state index contributed by atoms with van der Waals surface area (Å²) in [6.45, 7) is 4.83. The van der Waals surface area contributed by atoms with Crippen LogP contribution in [0, 0.1) is 0 Å². The predicted molar refractivity (Wildman–Crippen MR) is 95.3 cm³/mol. The van der Waals surface area contributed by atoms with Crippen LogP contribution in [0.15, 0.2) is 0 Å². The number of carbonyl (C=O) groups excluding carboxylic acids is 2. The third-order valence-electron chi connectivity index (χ3n) is 4.05. The van der Waals surface area contributed by atoms with Gasteiger partial charge in [0.2, 0.25) is 5.91 Å². The second-order valence-corrected chi connectivity index (χ2v) is 6.40. The van der Waals surface area contributed by atoms with Gasteiger partial charge in [0.1, 0.15) is 6.54 Å². The summed E-state index contributed by atoms with van der Waals surface area (Å²) in [5, 5.41) is 0. The lowest BCUT2D eigenvalue weighted by molar-refractivity contribution is -0.148. The maximum absolute atomic E-state index is 11.7. The van der Waals surface area contributed by atoms with Crippen molar-refractivity contribution in [2.45, 2.75) is 90.9 Å². The molecule has 0 aliphatic rings. The van der Waals surface area contributed by atoms with Gasteiger partial charge in [-0.2, -0.15) is 0 Å². The van der Waals surface area contributed by atoms with Crippen molar-refractivity contribution < 1.29 is 14.3 Å². The molecule has 0 aliphatic heterocycles. The van der Waals surface area contributed by atoms with Gasteiger partial charge in [-0.3, -0.25) is 9.59 Å². The van der Waals surface area contributed by atoms with E-state index in [1.807, 2.05) is 6.92 Å². The molecular formula is C19H37NO3. The molecule has 4 nitrogen and oxygen atoms in total. The Bertz CT molecular complexity index is 305. The maximum atomic E-state index is 11.7. The Kier molecular flexibility index (Phi) is 15.1. The lowest BCUT2D eigenvalue weighted by Gasteiger charge is -2.16. The van der Waals surface area contributed by atoms with Gasteiger partial charge in [-0.15, -0.1) is 0 Å². The fourth-order valence-corrected chi connectivity index (χ4v) is 2.45. The molecule has 0 N–H and O–H groups in total. The minimum absolute atomic E-state index is 0.0203. The molecule has 0 aromatic heterocycles. The highest BCUT2D eigenvalue weighted by atomic mass is 16.5. The van der Waals surface area contributed by atoms with Crippen LogP contribution in [-0.2, 0) is 14.3 Å². The molecule has 0 radical (unpaired) electrons. The summed E-state index contributed by atoms with van der Waals surface area (Å²) in [4.78, 5) is 24.8. The maximum Gasteiger partial charge on any atom is 0.325 e. The average molecular weight is 328 g/mol. The summed E-state index contributed by atoms with van der Waals surface area (Å²) in [6, 6.07) is 0. The summed E-state index contributed by atoms with van der Waals surface area (Å²) in [5.74, 6) is -0.274. The molecule has 1 amide bonds. The van der Waals surface area contributed by atoms with Gasteiger partial charge < -0.3 is 9.64 Å². The Morgan fingerprint density at radius 3 is 1.87 bits per heavy atom. The number of carbonyl (C=O) groups is 2. The highest BCUT2D eigenvalue weighted by molar-refractivity contribution is 5.81. The fourth-order valence-electron chi connectivity index (χ4n) is 2.45. The van der Waals surface area contributed by atoms with E-state index in [4.69, 9.17) is 4.74 Å². The molecule has 0 saturated carbocycles. The number of amides is 1. The van der Waals surface area contributed by atoms with Crippen LogP contribution in [0.4, 0.5) is 0 Å². The number of likely N-dealkylation sites (N-methyl/N-ethyl adjacent to an activating group) is 1. The molecule has 4 heteroatoms. The van der Waals surface area contributed by atoms with Gasteiger partial charge in [-0.1, -0.05) is 71.6 Å². The molecule has 0 unspecified atom stereocenters. The van der Waals surface area contributed by atoms with Gasteiger partial charge in [0.25, 0.3) is 0 Å². The molecule has 0 spiro atoms. The smallest absolute Gasteiger partial charge is 0.325 e. The molecule has 0 atom stereocenters. The Hall–Kier alpha value is -1.06. The normalized spacial score (nSPS) is 10.6. The SMILES string of the molecule is CCCCCCCCCCCOC(=O)CN(C)C(=O)CCCC. The number of esters is 1. The van der Waals surface area contributed by atoms with E-state index in [0.29, 0.717) is 13.0 Å². The van der Waals surface area contributed by atoms with E-state index in [1.54, 1.807) is 7.05 Å². The highest BCUT2D eigenvalue weighted by Crippen LogP contribution is 2.09. The zero-order valence-electron chi connectivity index (χ0n) is 15.6. The van der Waals surface area contributed by atoms with Crippen LogP contribution in [0.1, 0.15) is 90.9 Å². The van der Waals surface area contributed by atoms with Crippen LogP contribution in [0.25, 0.3) is 0 Å². The number of hydrogen-bond acceptors (Lipinski definition) is 3. The first-order valence-corrected chi connectivity index (χ1v) is 9.51. The Morgan fingerprint density at radius 1 is 0.783 bits per heavy atom. The second-order valence-electron chi connectivity index (χ2n) is 6.40. The Labute approximate surface area is 143 Å². The molecule has 0 rings (SSSR count). The van der Waals surface area contributed by atoms with Crippen molar-refractivity contribution in [3.63, 3.8) is 0 Å². The third-order valence-corrected chi connectivity index (χ3v) is 4.05. The van der Waals surface area contributed by atoms with Gasteiger partial charge in [0.15, 0.2) is 0 Å². The summed E-state index contributed by atoms with van der Waals surface area (Å²) in [6.07, 6.45) is 13.6. The van der Waals surface area contributed by atoms with E-state index in [2.05, 4.69) is 6.92 Å². The number of nitrogens with zero attached hydrogens (tertiary/aromatic N) is 1. The lowest BCUT2D eigenvalue weighted by Crippen LogP contribution is -2.32. The first-order valence-electron chi connectivity index (χ1n) is 9.51. The van der Waals surface area contributed by atoms with Gasteiger partial charge in [0, 0.05) is 13.5 Å². The van der Waals surface area contributed by atoms with Crippen LogP contribution in [0.3, 0.4) is 0 Å². The van der Waals surface area contributed by atoms with Crippen molar-refractivity contribution in [3.05, 3.63) is 0 Å². The highest BCUT2D eigenvalue weighted by Gasteiger charge is 2.12. The van der Waals surface area contributed by atoms with E-state index in [1.165, 1.54) is 49.8 Å². The number of unbranched alkanes of at least 4 members (excludes halogenated alkanes) is 9. The molecule has 0 saturated heterocycles. The minimum Gasteiger partial charge on any atom is -0.464 e. The first-order chi connectivity index (χ1) is 11.1. The molecule has 0 heterocycles. The van der Waals surface area contributed by atoms with Crippen molar-refractivity contribution in [2.24, 2.45) is 0 Å². The van der Waals surface area contributed by atoms with E-state index < -0.39 is 0 Å². The van der Waals surface area contributed by atoms with Crippen molar-refractivity contribution in [3.8, 4) is 0 Å². The topological polar surface area (TPSA) is 46.6 Å². The predicted octanol–water partition coefficient (Wildman–Crippen LogP) is 4.71. The summed E-state index contributed by atoms with van der Waals surface area (Å²) >= 11 is 0. The van der Waals surface area contributed by atoms with Gasteiger partial charge >= 0.3 is 5.97 Å². The molecule has 0 aliphatic carbocycles. The zero-order valence-corrected chi connectivity index (χ0v) is 15.6. The molecule has 0 fully saturated rings. The summed E-state index contributed by atoms with van der Waals surface area (Å²) in [7, 11) is 1.66. The van der Waals surface area contributed by atoms with Crippen molar-refractivity contribution in [1.82, 2.24) is 4.90 Å². The fraction of sp³-hybridized carbons (Fsp3) is 0.895. The van der Waals surface area contributed by atoms with Gasteiger partial charge in [-0.05, 0) is 12.8 Å². The van der Waals surface area contributed by atoms with Crippen LogP contribution in [0.2, 0.25) is 0 Å². The van der Waals surface area contributed by atoms with Gasteiger partial charge in [-0.25, -0.2) is 0 Å². The number of rotatable bonds is 15. The lowest BCUT2D eigenvalue weighted by atomic mass is 10.1. The van der Waals surface area contributed by atoms with E-state index >= 15 is 0 Å². The first kappa shape index (κ1) is 21.9. The number of hydrogen-bond donors (Lipinski definition) is 0. The molecule has 0 aromatic carbocycles. The number of ether oxygens (including phenoxy) is 1. The molecule has 23 heavy (non-hydrogen) atoms. The monoisotopic (exact) mass is 327 g/mol. The molecule has 0 aromatic rings. The zero-order chi connectivity index (χ0) is 17.3. The second kappa shape index (κ2) is 15.8.